The molecule has 0 fully saturated rings. The van der Waals surface area contributed by atoms with Crippen molar-refractivity contribution >= 4 is 39.1 Å². The molecule has 0 aliphatic rings. The first kappa shape index (κ1) is 29.0. The van der Waals surface area contributed by atoms with E-state index in [0.29, 0.717) is 29.5 Å². The van der Waals surface area contributed by atoms with Gasteiger partial charge in [-0.25, -0.2) is 8.42 Å². The monoisotopic (exact) mass is 557 g/mol. The molecule has 1 N–H and O–H groups in total. The van der Waals surface area contributed by atoms with Gasteiger partial charge in [0.1, 0.15) is 18.3 Å². The summed E-state index contributed by atoms with van der Waals surface area (Å²) in [5.41, 5.74) is 0.922. The van der Waals surface area contributed by atoms with Gasteiger partial charge >= 0.3 is 0 Å². The summed E-state index contributed by atoms with van der Waals surface area (Å²) in [4.78, 5) is 27.9. The molecule has 3 rings (SSSR count). The number of amides is 2. The van der Waals surface area contributed by atoms with E-state index in [-0.39, 0.29) is 23.0 Å². The quantitative estimate of drug-likeness (QED) is 0.354. The van der Waals surface area contributed by atoms with Crippen molar-refractivity contribution in [3.8, 4) is 5.75 Å². The van der Waals surface area contributed by atoms with E-state index in [9.17, 15) is 18.0 Å². The van der Waals surface area contributed by atoms with Gasteiger partial charge in [-0.1, -0.05) is 48.0 Å². The Balaban J connectivity index is 2.02. The van der Waals surface area contributed by atoms with E-state index in [4.69, 9.17) is 16.3 Å². The molecule has 0 aliphatic carbocycles. The van der Waals surface area contributed by atoms with E-state index in [1.54, 1.807) is 80.6 Å². The topological polar surface area (TPSA) is 96.0 Å². The summed E-state index contributed by atoms with van der Waals surface area (Å²) in [5, 5.41) is 3.17. The maximum Gasteiger partial charge on any atom is 0.264 e. The van der Waals surface area contributed by atoms with Crippen LogP contribution in [0.15, 0.2) is 83.8 Å². The Hall–Kier alpha value is -3.56. The summed E-state index contributed by atoms with van der Waals surface area (Å²) in [6, 6.07) is 20.5. The summed E-state index contributed by atoms with van der Waals surface area (Å²) in [6.45, 7) is 5.58. The fraction of sp³-hybridized carbons (Fsp3) is 0.286. The van der Waals surface area contributed by atoms with Gasteiger partial charge in [-0.05, 0) is 68.8 Å². The lowest BCUT2D eigenvalue weighted by atomic mass is 10.1. The summed E-state index contributed by atoms with van der Waals surface area (Å²) in [7, 11) is -4.13. The highest BCUT2D eigenvalue weighted by Gasteiger charge is 2.32. The Morgan fingerprint density at radius 1 is 0.947 bits per heavy atom. The molecule has 2 amide bonds. The number of nitrogens with zero attached hydrogens (tertiary/aromatic N) is 2. The minimum Gasteiger partial charge on any atom is -0.494 e. The molecule has 8 nitrogen and oxygen atoms in total. The zero-order chi connectivity index (χ0) is 27.7. The molecular weight excluding hydrogens is 526 g/mol. The molecule has 0 radical (unpaired) electrons. The van der Waals surface area contributed by atoms with Crippen molar-refractivity contribution in [1.82, 2.24) is 10.2 Å². The lowest BCUT2D eigenvalue weighted by Crippen LogP contribution is -2.51. The van der Waals surface area contributed by atoms with Crippen molar-refractivity contribution in [3.63, 3.8) is 0 Å². The highest BCUT2D eigenvalue weighted by molar-refractivity contribution is 7.92. The Kier molecular flexibility index (Phi) is 10.2. The van der Waals surface area contributed by atoms with E-state index < -0.39 is 28.5 Å². The molecule has 3 aromatic carbocycles. The molecule has 0 saturated carbocycles. The van der Waals surface area contributed by atoms with Crippen LogP contribution in [0.25, 0.3) is 0 Å². The molecule has 0 spiro atoms. The van der Waals surface area contributed by atoms with Gasteiger partial charge in [0.2, 0.25) is 11.8 Å². The maximum atomic E-state index is 13.8. The average Bonchev–Trinajstić information content (AvgIpc) is 2.92. The van der Waals surface area contributed by atoms with E-state index in [2.05, 4.69) is 5.32 Å². The second-order valence-corrected chi connectivity index (χ2v) is 10.7. The third-order valence-electron chi connectivity index (χ3n) is 5.86. The molecule has 38 heavy (non-hydrogen) atoms. The van der Waals surface area contributed by atoms with Crippen LogP contribution in [0.3, 0.4) is 0 Å². The van der Waals surface area contributed by atoms with Gasteiger partial charge in [0.05, 0.1) is 17.2 Å². The van der Waals surface area contributed by atoms with Crippen LogP contribution in [0.2, 0.25) is 5.02 Å². The van der Waals surface area contributed by atoms with Crippen LogP contribution in [0.4, 0.5) is 5.69 Å². The second kappa shape index (κ2) is 13.3. The third-order valence-corrected chi connectivity index (χ3v) is 8.02. The van der Waals surface area contributed by atoms with Crippen LogP contribution in [-0.4, -0.2) is 50.9 Å². The standard InChI is InChI=1S/C28H32ClN3O5S/c1-4-30-28(34)21(3)31(19-22-11-9-10-14-26(22)29)27(33)20-32(23-15-17-24(18-16-23)37-5-2)38(35,36)25-12-7-6-8-13-25/h6-18,21H,4-5,19-20H2,1-3H3,(H,30,34). The SMILES string of the molecule is CCNC(=O)C(C)N(Cc1ccccc1Cl)C(=O)CN(c1ccc(OCC)cc1)S(=O)(=O)c1ccccc1. The predicted molar refractivity (Wildman–Crippen MR) is 149 cm³/mol. The molecule has 0 bridgehead atoms. The van der Waals surface area contributed by atoms with Crippen LogP contribution in [0.1, 0.15) is 26.3 Å². The lowest BCUT2D eigenvalue weighted by molar-refractivity contribution is -0.139. The molecule has 0 aliphatic heterocycles. The normalized spacial score (nSPS) is 11.9. The first-order chi connectivity index (χ1) is 18.2. The second-order valence-electron chi connectivity index (χ2n) is 8.44. The molecule has 0 saturated heterocycles. The molecular formula is C28H32ClN3O5S. The van der Waals surface area contributed by atoms with Gasteiger partial charge in [0, 0.05) is 18.1 Å². The molecule has 202 valence electrons. The number of ether oxygens (including phenoxy) is 1. The first-order valence-corrected chi connectivity index (χ1v) is 14.1. The van der Waals surface area contributed by atoms with E-state index in [1.165, 1.54) is 17.0 Å². The molecule has 1 atom stereocenters. The Bertz CT molecular complexity index is 1330. The summed E-state index contributed by atoms with van der Waals surface area (Å²) < 4.78 is 34.0. The van der Waals surface area contributed by atoms with Gasteiger partial charge in [-0.2, -0.15) is 0 Å². The number of sulfonamides is 1. The van der Waals surface area contributed by atoms with Gasteiger partial charge in [-0.3, -0.25) is 13.9 Å². The number of likely N-dealkylation sites (N-methyl/N-ethyl adjacent to an activating group) is 1. The van der Waals surface area contributed by atoms with Crippen molar-refractivity contribution in [1.29, 1.82) is 0 Å². The summed E-state index contributed by atoms with van der Waals surface area (Å²) >= 11 is 6.36. The number of hydrogen-bond acceptors (Lipinski definition) is 5. The lowest BCUT2D eigenvalue weighted by Gasteiger charge is -2.32. The highest BCUT2D eigenvalue weighted by atomic mass is 35.5. The van der Waals surface area contributed by atoms with Crippen LogP contribution in [0, 0.1) is 0 Å². The molecule has 0 heterocycles. The van der Waals surface area contributed by atoms with Crippen molar-refractivity contribution in [2.75, 3.05) is 24.0 Å². The molecule has 0 aromatic heterocycles. The highest BCUT2D eigenvalue weighted by Crippen LogP contribution is 2.27. The first-order valence-electron chi connectivity index (χ1n) is 12.3. The fourth-order valence-electron chi connectivity index (χ4n) is 3.84. The van der Waals surface area contributed by atoms with Crippen LogP contribution in [0.5, 0.6) is 5.75 Å². The van der Waals surface area contributed by atoms with E-state index in [0.717, 1.165) is 4.31 Å². The van der Waals surface area contributed by atoms with Crippen LogP contribution in [-0.2, 0) is 26.2 Å². The molecule has 10 heteroatoms. The minimum absolute atomic E-state index is 0.0271. The number of anilines is 1. The van der Waals surface area contributed by atoms with E-state index >= 15 is 0 Å². The van der Waals surface area contributed by atoms with Gasteiger partial charge in [-0.15, -0.1) is 0 Å². The molecule has 3 aromatic rings. The minimum atomic E-state index is -4.13. The number of benzene rings is 3. The van der Waals surface area contributed by atoms with E-state index in [1.807, 2.05) is 6.92 Å². The third kappa shape index (κ3) is 7.05. The Morgan fingerprint density at radius 3 is 2.18 bits per heavy atom. The number of rotatable bonds is 12. The maximum absolute atomic E-state index is 13.8. The molecule has 1 unspecified atom stereocenters. The smallest absolute Gasteiger partial charge is 0.264 e. The number of carbonyl (C=O) groups excluding carboxylic acids is 2. The number of nitrogens with one attached hydrogen (secondary N) is 1. The Labute approximate surface area is 229 Å². The number of halogens is 1. The van der Waals surface area contributed by atoms with Crippen LogP contribution < -0.4 is 14.4 Å². The van der Waals surface area contributed by atoms with Crippen molar-refractivity contribution in [3.05, 3.63) is 89.4 Å². The van der Waals surface area contributed by atoms with Gasteiger partial charge < -0.3 is 15.0 Å². The van der Waals surface area contributed by atoms with Gasteiger partial charge in [0.15, 0.2) is 0 Å². The number of hydrogen-bond donors (Lipinski definition) is 1. The van der Waals surface area contributed by atoms with Gasteiger partial charge in [0.25, 0.3) is 10.0 Å². The van der Waals surface area contributed by atoms with Crippen LogP contribution >= 0.6 is 11.6 Å². The van der Waals surface area contributed by atoms with Crippen molar-refractivity contribution < 1.29 is 22.7 Å². The van der Waals surface area contributed by atoms with Crippen molar-refractivity contribution in [2.45, 2.75) is 38.3 Å². The summed E-state index contributed by atoms with van der Waals surface area (Å²) in [6.07, 6.45) is 0. The number of carbonyl (C=O) groups is 2. The summed E-state index contributed by atoms with van der Waals surface area (Å²) in [5.74, 6) is -0.339. The zero-order valence-electron chi connectivity index (χ0n) is 21.6. The fourth-order valence-corrected chi connectivity index (χ4v) is 5.47. The largest absolute Gasteiger partial charge is 0.494 e. The predicted octanol–water partition coefficient (Wildman–Crippen LogP) is 4.49. The average molecular weight is 558 g/mol. The Morgan fingerprint density at radius 2 is 1.58 bits per heavy atom. The zero-order valence-corrected chi connectivity index (χ0v) is 23.2. The van der Waals surface area contributed by atoms with Crippen molar-refractivity contribution in [2.24, 2.45) is 0 Å².